The van der Waals surface area contributed by atoms with Crippen LogP contribution < -0.4 is 0 Å². The molecule has 0 aromatic carbocycles. The van der Waals surface area contributed by atoms with Gasteiger partial charge in [0, 0.05) is 11.1 Å². The highest BCUT2D eigenvalue weighted by Gasteiger charge is 2.19. The molecule has 1 saturated carbocycles. The lowest BCUT2D eigenvalue weighted by Crippen LogP contribution is -2.13. The van der Waals surface area contributed by atoms with Crippen molar-refractivity contribution < 1.29 is 4.79 Å². The second-order valence-corrected chi connectivity index (χ2v) is 3.47. The number of rotatable bonds is 1. The summed E-state index contributed by atoms with van der Waals surface area (Å²) in [6.45, 7) is 0. The predicted octanol–water partition coefficient (Wildman–Crippen LogP) is 2.64. The summed E-state index contributed by atoms with van der Waals surface area (Å²) in [4.78, 5) is 21.0. The zero-order valence-electron chi connectivity index (χ0n) is 7.29. The van der Waals surface area contributed by atoms with Crippen LogP contribution in [-0.2, 0) is 4.79 Å². The molecular formula is C9H15NO2. The average Bonchev–Trinajstić information content (AvgIpc) is 2.02. The first-order valence-corrected chi connectivity index (χ1v) is 4.72. The summed E-state index contributed by atoms with van der Waals surface area (Å²) in [5, 5.41) is 2.50. The van der Waals surface area contributed by atoms with E-state index in [2.05, 4.69) is 5.18 Å². The molecule has 3 heteroatoms. The van der Waals surface area contributed by atoms with Crippen molar-refractivity contribution in [2.45, 2.75) is 44.9 Å². The first-order valence-electron chi connectivity index (χ1n) is 4.72. The largest absolute Gasteiger partial charge is 0.289 e. The molecule has 0 saturated heterocycles. The van der Waals surface area contributed by atoms with Gasteiger partial charge in [0.2, 0.25) is 0 Å². The van der Waals surface area contributed by atoms with Gasteiger partial charge >= 0.3 is 0 Å². The highest BCUT2D eigenvalue weighted by molar-refractivity contribution is 5.79. The zero-order valence-corrected chi connectivity index (χ0v) is 7.29. The Morgan fingerprint density at radius 3 is 2.00 bits per heavy atom. The maximum Gasteiger partial charge on any atom is 0.289 e. The van der Waals surface area contributed by atoms with E-state index in [1.807, 2.05) is 0 Å². The summed E-state index contributed by atoms with van der Waals surface area (Å²) in [6.07, 6.45) is 7.55. The van der Waals surface area contributed by atoms with Gasteiger partial charge < -0.3 is 0 Å². The molecule has 0 atom stereocenters. The molecule has 0 aliphatic heterocycles. The quantitative estimate of drug-likeness (QED) is 0.566. The molecule has 12 heavy (non-hydrogen) atoms. The van der Waals surface area contributed by atoms with Crippen LogP contribution in [0, 0.1) is 10.8 Å². The van der Waals surface area contributed by atoms with Crippen LogP contribution in [0.4, 0.5) is 0 Å². The summed E-state index contributed by atoms with van der Waals surface area (Å²) < 4.78 is 0. The Bertz CT molecular complexity index is 160. The van der Waals surface area contributed by atoms with Gasteiger partial charge in [-0.05, 0) is 12.8 Å². The van der Waals surface area contributed by atoms with Crippen molar-refractivity contribution in [2.24, 2.45) is 11.1 Å². The van der Waals surface area contributed by atoms with Crippen molar-refractivity contribution in [2.75, 3.05) is 0 Å². The van der Waals surface area contributed by atoms with Crippen molar-refractivity contribution in [1.29, 1.82) is 0 Å². The molecule has 3 nitrogen and oxygen atoms in total. The molecule has 1 rings (SSSR count). The molecule has 0 heterocycles. The van der Waals surface area contributed by atoms with Crippen LogP contribution in [0.25, 0.3) is 0 Å². The molecule has 1 amide bonds. The van der Waals surface area contributed by atoms with Crippen molar-refractivity contribution in [3.8, 4) is 0 Å². The third-order valence-electron chi connectivity index (χ3n) is 2.54. The normalized spacial score (nSPS) is 21.0. The van der Waals surface area contributed by atoms with Crippen molar-refractivity contribution in [3.05, 3.63) is 4.91 Å². The van der Waals surface area contributed by atoms with Gasteiger partial charge in [0.15, 0.2) is 0 Å². The van der Waals surface area contributed by atoms with E-state index in [1.54, 1.807) is 0 Å². The number of amides is 1. The van der Waals surface area contributed by atoms with E-state index in [9.17, 15) is 9.70 Å². The Balaban J connectivity index is 2.39. The van der Waals surface area contributed by atoms with Crippen LogP contribution >= 0.6 is 0 Å². The molecule has 0 aromatic heterocycles. The molecule has 68 valence electrons. The topological polar surface area (TPSA) is 46.5 Å². The van der Waals surface area contributed by atoms with Gasteiger partial charge in [0.1, 0.15) is 0 Å². The maximum absolute atomic E-state index is 11.0. The molecule has 1 aliphatic rings. The van der Waals surface area contributed by atoms with E-state index in [0.29, 0.717) is 0 Å². The van der Waals surface area contributed by atoms with Crippen molar-refractivity contribution in [1.82, 2.24) is 0 Å². The summed E-state index contributed by atoms with van der Waals surface area (Å²) in [6, 6.07) is 0. The predicted molar refractivity (Wildman–Crippen MR) is 46.6 cm³/mol. The molecule has 0 bridgehead atoms. The summed E-state index contributed by atoms with van der Waals surface area (Å²) in [5.41, 5.74) is 0. The summed E-state index contributed by atoms with van der Waals surface area (Å²) in [5.74, 6) is -0.500. The molecule has 0 spiro atoms. The van der Waals surface area contributed by atoms with Gasteiger partial charge in [0.25, 0.3) is 5.91 Å². The summed E-state index contributed by atoms with van der Waals surface area (Å²) >= 11 is 0. The minimum absolute atomic E-state index is 0.0669. The Kier molecular flexibility index (Phi) is 3.91. The smallest absolute Gasteiger partial charge is 0.269 e. The third-order valence-corrected chi connectivity index (χ3v) is 2.54. The van der Waals surface area contributed by atoms with E-state index >= 15 is 0 Å². The van der Waals surface area contributed by atoms with E-state index in [1.165, 1.54) is 19.3 Å². The first kappa shape index (κ1) is 9.36. The van der Waals surface area contributed by atoms with Crippen LogP contribution in [-0.4, -0.2) is 5.91 Å². The minimum Gasteiger partial charge on any atom is -0.269 e. The van der Waals surface area contributed by atoms with E-state index in [4.69, 9.17) is 0 Å². The van der Waals surface area contributed by atoms with Crippen molar-refractivity contribution in [3.63, 3.8) is 0 Å². The zero-order chi connectivity index (χ0) is 8.81. The fraction of sp³-hybridized carbons (Fsp3) is 0.889. The van der Waals surface area contributed by atoms with Crippen LogP contribution in [0.1, 0.15) is 44.9 Å². The highest BCUT2D eigenvalue weighted by atomic mass is 16.3. The monoisotopic (exact) mass is 169 g/mol. The van der Waals surface area contributed by atoms with E-state index < -0.39 is 5.91 Å². The van der Waals surface area contributed by atoms with Crippen LogP contribution in [0.15, 0.2) is 5.18 Å². The minimum atomic E-state index is -0.433. The molecule has 0 N–H and O–H groups in total. The molecule has 1 fully saturated rings. The lowest BCUT2D eigenvalue weighted by Gasteiger charge is -2.14. The third kappa shape index (κ3) is 2.72. The Morgan fingerprint density at radius 2 is 1.50 bits per heavy atom. The first-order chi connectivity index (χ1) is 5.84. The van der Waals surface area contributed by atoms with Crippen molar-refractivity contribution >= 4 is 5.91 Å². The van der Waals surface area contributed by atoms with Gasteiger partial charge in [-0.25, -0.2) is 0 Å². The number of hydrogen-bond acceptors (Lipinski definition) is 2. The standard InChI is InChI=1S/C9H15NO2/c11-9(10-12)8-6-4-2-1-3-5-7-8/h8H,1-7H2. The van der Waals surface area contributed by atoms with Crippen LogP contribution in [0.3, 0.4) is 0 Å². The Morgan fingerprint density at radius 1 is 1.00 bits per heavy atom. The number of carbonyl (C=O) groups is 1. The Labute approximate surface area is 72.5 Å². The molecule has 0 unspecified atom stereocenters. The number of hydrogen-bond donors (Lipinski definition) is 0. The van der Waals surface area contributed by atoms with E-state index in [-0.39, 0.29) is 5.92 Å². The molecular weight excluding hydrogens is 154 g/mol. The fourth-order valence-electron chi connectivity index (χ4n) is 1.78. The lowest BCUT2D eigenvalue weighted by molar-refractivity contribution is -0.122. The average molecular weight is 169 g/mol. The van der Waals surface area contributed by atoms with Gasteiger partial charge in [-0.2, -0.15) is 0 Å². The van der Waals surface area contributed by atoms with Gasteiger partial charge in [-0.15, -0.1) is 4.91 Å². The Hall–Kier alpha value is -0.730. The lowest BCUT2D eigenvalue weighted by atomic mass is 9.91. The van der Waals surface area contributed by atoms with E-state index in [0.717, 1.165) is 25.7 Å². The van der Waals surface area contributed by atoms with Gasteiger partial charge in [-0.1, -0.05) is 32.1 Å². The number of carbonyl (C=O) groups excluding carboxylic acids is 1. The molecule has 0 radical (unpaired) electrons. The second kappa shape index (κ2) is 5.01. The molecule has 0 aromatic rings. The highest BCUT2D eigenvalue weighted by Crippen LogP contribution is 2.22. The van der Waals surface area contributed by atoms with Gasteiger partial charge in [0.05, 0.1) is 0 Å². The van der Waals surface area contributed by atoms with Crippen LogP contribution in [0.5, 0.6) is 0 Å². The maximum atomic E-state index is 11.0. The SMILES string of the molecule is O=NC(=O)C1CCCCCCC1. The molecule has 1 aliphatic carbocycles. The second-order valence-electron chi connectivity index (χ2n) is 3.47. The van der Waals surface area contributed by atoms with Crippen LogP contribution in [0.2, 0.25) is 0 Å². The van der Waals surface area contributed by atoms with Gasteiger partial charge in [-0.3, -0.25) is 4.79 Å². The summed E-state index contributed by atoms with van der Waals surface area (Å²) in [7, 11) is 0. The number of nitrogens with zero attached hydrogens (tertiary/aromatic N) is 1. The number of nitroso groups, excluding NO2 is 1. The fourth-order valence-corrected chi connectivity index (χ4v) is 1.78.